The van der Waals surface area contributed by atoms with Crippen LogP contribution in [0.2, 0.25) is 5.02 Å². The topological polar surface area (TPSA) is 152 Å². The van der Waals surface area contributed by atoms with E-state index in [2.05, 4.69) is 15.5 Å². The normalized spacial score (nSPS) is 10.1. The Bertz CT molecular complexity index is 955. The summed E-state index contributed by atoms with van der Waals surface area (Å²) in [6, 6.07) is 4.21. The molecule has 5 N–H and O–H groups in total. The predicted molar refractivity (Wildman–Crippen MR) is 100 cm³/mol. The van der Waals surface area contributed by atoms with E-state index >= 15 is 0 Å². The summed E-state index contributed by atoms with van der Waals surface area (Å²) < 4.78 is 19.0. The van der Waals surface area contributed by atoms with Gasteiger partial charge in [0.1, 0.15) is 17.8 Å². The Morgan fingerprint density at radius 3 is 2.71 bits per heavy atom. The van der Waals surface area contributed by atoms with Crippen molar-refractivity contribution in [3.8, 4) is 22.5 Å². The molecule has 0 bridgehead atoms. The number of hydrogen-bond acceptors (Lipinski definition) is 8. The van der Waals surface area contributed by atoms with Crippen molar-refractivity contribution in [2.24, 2.45) is 5.73 Å². The molecule has 0 saturated heterocycles. The van der Waals surface area contributed by atoms with E-state index in [1.807, 2.05) is 0 Å². The van der Waals surface area contributed by atoms with Gasteiger partial charge in [0.25, 0.3) is 0 Å². The zero-order chi connectivity index (χ0) is 20.7. The predicted octanol–water partition coefficient (Wildman–Crippen LogP) is 2.22. The zero-order valence-corrected chi connectivity index (χ0v) is 15.6. The van der Waals surface area contributed by atoms with E-state index in [0.717, 1.165) is 11.3 Å². The smallest absolute Gasteiger partial charge is 0.394 e. The van der Waals surface area contributed by atoms with E-state index in [1.165, 1.54) is 24.5 Å². The van der Waals surface area contributed by atoms with Crippen LogP contribution in [0.1, 0.15) is 0 Å². The number of benzene rings is 1. The molecule has 3 aromatic rings. The number of nitrogens with one attached hydrogen (secondary N) is 1. The molecule has 0 aliphatic carbocycles. The fraction of sp³-hybridized carbons (Fsp3) is 0.125. The third kappa shape index (κ3) is 5.10. The molecule has 0 saturated carbocycles. The molecule has 2 heterocycles. The van der Waals surface area contributed by atoms with Crippen molar-refractivity contribution in [3.05, 3.63) is 40.7 Å². The van der Waals surface area contributed by atoms with Crippen molar-refractivity contribution < 1.29 is 28.7 Å². The molecule has 0 aliphatic heterocycles. The zero-order valence-electron chi connectivity index (χ0n) is 14.1. The average molecular weight is 429 g/mol. The number of thiazole rings is 1. The van der Waals surface area contributed by atoms with Crippen LogP contribution < -0.4 is 11.1 Å². The van der Waals surface area contributed by atoms with Gasteiger partial charge >= 0.3 is 11.9 Å². The van der Waals surface area contributed by atoms with Crippen molar-refractivity contribution in [3.63, 3.8) is 0 Å². The summed E-state index contributed by atoms with van der Waals surface area (Å²) in [6.07, 6.45) is 1.26. The number of aliphatic carboxylic acids is 1. The van der Waals surface area contributed by atoms with Crippen LogP contribution in [0.25, 0.3) is 22.5 Å². The van der Waals surface area contributed by atoms with Crippen LogP contribution in [0, 0.1) is 5.82 Å². The van der Waals surface area contributed by atoms with Crippen LogP contribution in [0.5, 0.6) is 0 Å². The molecule has 0 fully saturated rings. The Hall–Kier alpha value is -2.86. The average Bonchev–Trinajstić information content (AvgIpc) is 3.31. The highest BCUT2D eigenvalue weighted by atomic mass is 35.5. The molecule has 0 spiro atoms. The Labute approximate surface area is 166 Å². The van der Waals surface area contributed by atoms with Gasteiger partial charge in [-0.1, -0.05) is 22.8 Å². The minimum absolute atomic E-state index is 0.0621. The first-order valence-electron chi connectivity index (χ1n) is 7.58. The fourth-order valence-electron chi connectivity index (χ4n) is 1.93. The number of carboxylic acids is 1. The third-order valence-corrected chi connectivity index (χ3v) is 4.17. The highest BCUT2D eigenvalue weighted by molar-refractivity contribution is 7.14. The van der Waals surface area contributed by atoms with Crippen LogP contribution >= 0.6 is 22.9 Å². The molecule has 9 nitrogen and oxygen atoms in total. The number of aliphatic hydroxyl groups is 1. The number of nitrogens with two attached hydrogens (primary N) is 1. The highest BCUT2D eigenvalue weighted by Gasteiger charge is 2.21. The molecule has 2 aromatic heterocycles. The summed E-state index contributed by atoms with van der Waals surface area (Å²) >= 11 is 7.03. The van der Waals surface area contributed by atoms with E-state index in [4.69, 9.17) is 32.1 Å². The van der Waals surface area contributed by atoms with Gasteiger partial charge in [-0.2, -0.15) is 0 Å². The minimum atomic E-state index is -1.63. The van der Waals surface area contributed by atoms with E-state index in [9.17, 15) is 14.0 Å². The molecule has 3 rings (SSSR count). The van der Waals surface area contributed by atoms with Gasteiger partial charge in [-0.25, -0.2) is 14.2 Å². The van der Waals surface area contributed by atoms with Crippen LogP contribution in [-0.2, 0) is 9.59 Å². The van der Waals surface area contributed by atoms with E-state index in [1.54, 1.807) is 5.38 Å². The van der Waals surface area contributed by atoms with Crippen LogP contribution in [-0.4, -0.2) is 45.4 Å². The largest absolute Gasteiger partial charge is 0.474 e. The Kier molecular flexibility index (Phi) is 7.58. The van der Waals surface area contributed by atoms with Crippen molar-refractivity contribution in [1.82, 2.24) is 10.1 Å². The standard InChI is InChI=1S/C14H7ClFN3O4S.C2H7NO/c15-7-2-1-3-8(16)10(7)11-6(4-23-19-11)9-5-24-14(17-9)18-12(20)13(21)22;3-1-2-4/h1-5H,(H,21,22)(H,17,18,20);4H,1-3H2. The second-order valence-electron chi connectivity index (χ2n) is 4.98. The lowest BCUT2D eigenvalue weighted by Gasteiger charge is -2.03. The third-order valence-electron chi connectivity index (χ3n) is 3.09. The molecular weight excluding hydrogens is 415 g/mol. The lowest BCUT2D eigenvalue weighted by Crippen LogP contribution is -2.21. The number of nitrogens with zero attached hydrogens (tertiary/aromatic N) is 2. The number of anilines is 1. The maximum atomic E-state index is 14.1. The van der Waals surface area contributed by atoms with Crippen molar-refractivity contribution in [1.29, 1.82) is 0 Å². The lowest BCUT2D eigenvalue weighted by atomic mass is 10.1. The number of aromatic nitrogens is 2. The molecule has 1 aromatic carbocycles. The first kappa shape index (κ1) is 21.4. The Morgan fingerprint density at radius 2 is 2.11 bits per heavy atom. The number of carbonyl (C=O) groups is 2. The summed E-state index contributed by atoms with van der Waals surface area (Å²) in [5.74, 6) is -3.42. The van der Waals surface area contributed by atoms with Gasteiger partial charge in [-0.05, 0) is 12.1 Å². The second kappa shape index (κ2) is 9.90. The molecule has 0 aliphatic rings. The highest BCUT2D eigenvalue weighted by Crippen LogP contribution is 2.37. The van der Waals surface area contributed by atoms with Gasteiger partial charge in [0.05, 0.1) is 28.5 Å². The van der Waals surface area contributed by atoms with Gasteiger partial charge in [-0.15, -0.1) is 11.3 Å². The van der Waals surface area contributed by atoms with Crippen molar-refractivity contribution in [2.75, 3.05) is 18.5 Å². The summed E-state index contributed by atoms with van der Waals surface area (Å²) in [7, 11) is 0. The van der Waals surface area contributed by atoms with Crippen molar-refractivity contribution >= 4 is 39.9 Å². The summed E-state index contributed by atoms with van der Waals surface area (Å²) in [6.45, 7) is 0.472. The van der Waals surface area contributed by atoms with Gasteiger partial charge in [-0.3, -0.25) is 10.1 Å². The number of aliphatic hydroxyl groups excluding tert-OH is 1. The van der Waals surface area contributed by atoms with Crippen LogP contribution in [0.4, 0.5) is 9.52 Å². The molecule has 0 radical (unpaired) electrons. The monoisotopic (exact) mass is 428 g/mol. The van der Waals surface area contributed by atoms with E-state index in [-0.39, 0.29) is 28.0 Å². The number of carboxylic acid groups (broad SMARTS) is 1. The molecule has 28 heavy (non-hydrogen) atoms. The number of amides is 1. The van der Waals surface area contributed by atoms with Crippen molar-refractivity contribution in [2.45, 2.75) is 0 Å². The summed E-state index contributed by atoms with van der Waals surface area (Å²) in [5.41, 5.74) is 5.68. The van der Waals surface area contributed by atoms with E-state index in [0.29, 0.717) is 17.8 Å². The Balaban J connectivity index is 0.000000640. The molecular formula is C16H14ClFN4O5S. The summed E-state index contributed by atoms with van der Waals surface area (Å²) in [5, 5.41) is 24.0. The maximum absolute atomic E-state index is 14.1. The fourth-order valence-corrected chi connectivity index (χ4v) is 2.89. The number of halogens is 2. The first-order valence-corrected chi connectivity index (χ1v) is 8.84. The number of carbonyl (C=O) groups excluding carboxylic acids is 1. The minimum Gasteiger partial charge on any atom is -0.474 e. The molecule has 0 atom stereocenters. The van der Waals surface area contributed by atoms with E-state index < -0.39 is 17.7 Å². The summed E-state index contributed by atoms with van der Waals surface area (Å²) in [4.78, 5) is 25.8. The quantitative estimate of drug-likeness (QED) is 0.461. The Morgan fingerprint density at radius 1 is 1.39 bits per heavy atom. The molecule has 1 amide bonds. The molecule has 0 unspecified atom stereocenters. The van der Waals surface area contributed by atoms with Gasteiger partial charge in [0.2, 0.25) is 0 Å². The SMILES string of the molecule is NCCO.O=C(O)C(=O)Nc1nc(-c2conc2-c2c(F)cccc2Cl)cs1. The molecule has 148 valence electrons. The van der Waals surface area contributed by atoms with Crippen LogP contribution in [0.3, 0.4) is 0 Å². The molecule has 12 heteroatoms. The van der Waals surface area contributed by atoms with Gasteiger partial charge < -0.3 is 20.5 Å². The second-order valence-corrected chi connectivity index (χ2v) is 6.25. The lowest BCUT2D eigenvalue weighted by molar-refractivity contribution is -0.147. The maximum Gasteiger partial charge on any atom is 0.394 e. The van der Waals surface area contributed by atoms with Gasteiger partial charge in [0, 0.05) is 11.9 Å². The first-order chi connectivity index (χ1) is 13.4. The van der Waals surface area contributed by atoms with Crippen LogP contribution in [0.15, 0.2) is 34.4 Å². The number of hydrogen-bond donors (Lipinski definition) is 4. The van der Waals surface area contributed by atoms with Gasteiger partial charge in [0.15, 0.2) is 5.13 Å². The number of rotatable bonds is 4.